The van der Waals surface area contributed by atoms with Gasteiger partial charge in [0, 0.05) is 12.0 Å². The molecule has 1 saturated carbocycles. The average Bonchev–Trinajstić information content (AvgIpc) is 2.90. The summed E-state index contributed by atoms with van der Waals surface area (Å²) < 4.78 is 5.81. The van der Waals surface area contributed by atoms with Crippen molar-refractivity contribution in [2.45, 2.75) is 44.2 Å². The molecule has 17 heavy (non-hydrogen) atoms. The molecule has 0 saturated heterocycles. The molecule has 1 fully saturated rings. The lowest BCUT2D eigenvalue weighted by Gasteiger charge is -2.34. The highest BCUT2D eigenvalue weighted by Gasteiger charge is 2.31. The highest BCUT2D eigenvalue weighted by atomic mass is 32.1. The molecule has 1 aromatic heterocycles. The number of hydrogen-bond acceptors (Lipinski definition) is 3. The molecule has 3 heteroatoms. The Morgan fingerprint density at radius 2 is 2.12 bits per heavy atom. The first-order valence-corrected chi connectivity index (χ1v) is 7.48. The van der Waals surface area contributed by atoms with Crippen molar-refractivity contribution < 1.29 is 4.74 Å². The fourth-order valence-corrected chi connectivity index (χ4v) is 3.87. The highest BCUT2D eigenvalue weighted by Crippen LogP contribution is 2.35. The lowest BCUT2D eigenvalue weighted by atomic mass is 9.82. The van der Waals surface area contributed by atoms with Crippen LogP contribution in [0.4, 0.5) is 0 Å². The Kier molecular flexibility index (Phi) is 5.01. The van der Waals surface area contributed by atoms with Crippen LogP contribution in [0.15, 0.2) is 17.5 Å². The van der Waals surface area contributed by atoms with Crippen molar-refractivity contribution >= 4 is 11.3 Å². The fourth-order valence-electron chi connectivity index (χ4n) is 3.00. The minimum atomic E-state index is 0.318. The van der Waals surface area contributed by atoms with E-state index in [-0.39, 0.29) is 0 Å². The smallest absolute Gasteiger partial charge is 0.0801 e. The first-order valence-electron chi connectivity index (χ1n) is 6.60. The van der Waals surface area contributed by atoms with Gasteiger partial charge in [-0.2, -0.15) is 0 Å². The van der Waals surface area contributed by atoms with Crippen LogP contribution in [0.5, 0.6) is 0 Å². The Balaban J connectivity index is 2.09. The van der Waals surface area contributed by atoms with Crippen LogP contribution in [-0.4, -0.2) is 20.3 Å². The van der Waals surface area contributed by atoms with Gasteiger partial charge in [0.05, 0.1) is 12.1 Å². The predicted molar refractivity (Wildman–Crippen MR) is 73.5 cm³/mol. The zero-order chi connectivity index (χ0) is 12.1. The molecule has 2 nitrogen and oxygen atoms in total. The van der Waals surface area contributed by atoms with Gasteiger partial charge in [-0.3, -0.25) is 0 Å². The number of ether oxygens (including phenoxy) is 1. The number of hydrogen-bond donors (Lipinski definition) is 1. The van der Waals surface area contributed by atoms with Crippen molar-refractivity contribution in [2.24, 2.45) is 5.92 Å². The molecule has 1 aromatic rings. The van der Waals surface area contributed by atoms with E-state index in [9.17, 15) is 0 Å². The second kappa shape index (κ2) is 6.53. The topological polar surface area (TPSA) is 21.3 Å². The van der Waals surface area contributed by atoms with Crippen LogP contribution in [0.1, 0.15) is 43.0 Å². The van der Waals surface area contributed by atoms with Gasteiger partial charge in [-0.1, -0.05) is 25.3 Å². The van der Waals surface area contributed by atoms with E-state index in [1.165, 1.54) is 37.0 Å². The molecule has 2 unspecified atom stereocenters. The van der Waals surface area contributed by atoms with E-state index in [1.54, 1.807) is 0 Å². The molecular weight excluding hydrogens is 230 g/mol. The van der Waals surface area contributed by atoms with Gasteiger partial charge in [-0.25, -0.2) is 0 Å². The molecule has 1 aliphatic rings. The van der Waals surface area contributed by atoms with Crippen molar-refractivity contribution in [1.29, 1.82) is 0 Å². The third-order valence-electron chi connectivity index (χ3n) is 3.88. The van der Waals surface area contributed by atoms with Crippen LogP contribution in [0.25, 0.3) is 0 Å². The van der Waals surface area contributed by atoms with Crippen molar-refractivity contribution in [2.75, 3.05) is 14.2 Å². The first-order chi connectivity index (χ1) is 8.36. The maximum atomic E-state index is 5.81. The molecule has 2 atom stereocenters. The normalized spacial score (nSPS) is 21.3. The van der Waals surface area contributed by atoms with Gasteiger partial charge in [0.1, 0.15) is 0 Å². The van der Waals surface area contributed by atoms with Gasteiger partial charge in [-0.05, 0) is 37.3 Å². The monoisotopic (exact) mass is 253 g/mol. The Hall–Kier alpha value is -0.380. The summed E-state index contributed by atoms with van der Waals surface area (Å²) in [7, 11) is 3.90. The van der Waals surface area contributed by atoms with Crippen molar-refractivity contribution in [3.63, 3.8) is 0 Å². The van der Waals surface area contributed by atoms with E-state index in [2.05, 4.69) is 22.8 Å². The number of methoxy groups -OCH3 is 1. The van der Waals surface area contributed by atoms with Crippen LogP contribution in [0.3, 0.4) is 0 Å². The zero-order valence-corrected chi connectivity index (χ0v) is 11.6. The summed E-state index contributed by atoms with van der Waals surface area (Å²) in [5, 5.41) is 5.58. The van der Waals surface area contributed by atoms with Crippen LogP contribution in [0.2, 0.25) is 0 Å². The minimum absolute atomic E-state index is 0.318. The Morgan fingerprint density at radius 1 is 1.35 bits per heavy atom. The van der Waals surface area contributed by atoms with Gasteiger partial charge in [0.2, 0.25) is 0 Å². The lowest BCUT2D eigenvalue weighted by molar-refractivity contribution is 0.0103. The van der Waals surface area contributed by atoms with Gasteiger partial charge >= 0.3 is 0 Å². The van der Waals surface area contributed by atoms with Crippen LogP contribution in [0, 0.1) is 5.92 Å². The number of nitrogens with one attached hydrogen (secondary N) is 1. The predicted octanol–water partition coefficient (Wildman–Crippen LogP) is 3.60. The van der Waals surface area contributed by atoms with Gasteiger partial charge in [0.15, 0.2) is 0 Å². The lowest BCUT2D eigenvalue weighted by Crippen LogP contribution is -2.37. The maximum Gasteiger partial charge on any atom is 0.0801 e. The molecule has 0 radical (unpaired) electrons. The molecule has 0 spiro atoms. The van der Waals surface area contributed by atoms with Gasteiger partial charge in [0.25, 0.3) is 0 Å². The van der Waals surface area contributed by atoms with Crippen LogP contribution < -0.4 is 5.32 Å². The van der Waals surface area contributed by atoms with E-state index >= 15 is 0 Å². The quantitative estimate of drug-likeness (QED) is 0.865. The first kappa shape index (κ1) is 13.1. The molecule has 2 rings (SSSR count). The van der Waals surface area contributed by atoms with E-state index in [1.807, 2.05) is 25.5 Å². The second-order valence-corrected chi connectivity index (χ2v) is 5.86. The summed E-state index contributed by atoms with van der Waals surface area (Å²) in [5.74, 6) is 0.716. The summed E-state index contributed by atoms with van der Waals surface area (Å²) in [6.07, 6.45) is 7.09. The standard InChI is InChI=1S/C14H23NOS/c1-15-13(12-9-6-10-17-12)14(16-2)11-7-4-3-5-8-11/h6,9-11,13-15H,3-5,7-8H2,1-2H3. The van der Waals surface area contributed by atoms with Gasteiger partial charge in [-0.15, -0.1) is 11.3 Å². The Bertz CT molecular complexity index is 306. The fraction of sp³-hybridized carbons (Fsp3) is 0.714. The summed E-state index contributed by atoms with van der Waals surface area (Å²) in [5.41, 5.74) is 0. The van der Waals surface area contributed by atoms with Crippen molar-refractivity contribution in [3.05, 3.63) is 22.4 Å². The Labute approximate surface area is 108 Å². The van der Waals surface area contributed by atoms with Crippen LogP contribution in [-0.2, 0) is 4.74 Å². The minimum Gasteiger partial charge on any atom is -0.379 e. The molecule has 1 aliphatic carbocycles. The van der Waals surface area contributed by atoms with E-state index in [0.717, 1.165) is 0 Å². The number of thiophene rings is 1. The number of rotatable bonds is 5. The molecule has 96 valence electrons. The Morgan fingerprint density at radius 3 is 2.65 bits per heavy atom. The summed E-state index contributed by atoms with van der Waals surface area (Å²) in [6, 6.07) is 4.68. The molecule has 0 amide bonds. The van der Waals surface area contributed by atoms with Crippen LogP contribution >= 0.6 is 11.3 Å². The second-order valence-electron chi connectivity index (χ2n) is 4.88. The largest absolute Gasteiger partial charge is 0.379 e. The summed E-state index contributed by atoms with van der Waals surface area (Å²) >= 11 is 1.82. The van der Waals surface area contributed by atoms with Gasteiger partial charge < -0.3 is 10.1 Å². The summed E-state index contributed by atoms with van der Waals surface area (Å²) in [6.45, 7) is 0. The average molecular weight is 253 g/mol. The third-order valence-corrected chi connectivity index (χ3v) is 4.83. The SMILES string of the molecule is CNC(c1cccs1)C(OC)C1CCCCC1. The molecule has 0 aromatic carbocycles. The maximum absolute atomic E-state index is 5.81. The molecular formula is C14H23NOS. The zero-order valence-electron chi connectivity index (χ0n) is 10.8. The van der Waals surface area contributed by atoms with Crippen molar-refractivity contribution in [1.82, 2.24) is 5.32 Å². The van der Waals surface area contributed by atoms with E-state index in [4.69, 9.17) is 4.74 Å². The molecule has 1 N–H and O–H groups in total. The van der Waals surface area contributed by atoms with Crippen molar-refractivity contribution in [3.8, 4) is 0 Å². The molecule has 0 bridgehead atoms. The van der Waals surface area contributed by atoms with E-state index < -0.39 is 0 Å². The number of likely N-dealkylation sites (N-methyl/N-ethyl adjacent to an activating group) is 1. The molecule has 1 heterocycles. The highest BCUT2D eigenvalue weighted by molar-refractivity contribution is 7.10. The third kappa shape index (κ3) is 3.09. The van der Waals surface area contributed by atoms with E-state index in [0.29, 0.717) is 18.1 Å². The molecule has 0 aliphatic heterocycles. The summed E-state index contributed by atoms with van der Waals surface area (Å²) in [4.78, 5) is 1.39.